The number of rotatable bonds is 8. The normalized spacial score (nSPS) is 14.9. The number of anilines is 1. The summed E-state index contributed by atoms with van der Waals surface area (Å²) < 4.78 is 5.55. The molecule has 3 rings (SSSR count). The molecule has 0 atom stereocenters. The minimum absolute atomic E-state index is 0.0414. The highest BCUT2D eigenvalue weighted by molar-refractivity contribution is 6.31. The smallest absolute Gasteiger partial charge is 0.411 e. The summed E-state index contributed by atoms with van der Waals surface area (Å²) in [7, 11) is 0. The van der Waals surface area contributed by atoms with E-state index < -0.39 is 11.6 Å². The Bertz CT molecular complexity index is 979. The predicted molar refractivity (Wildman–Crippen MR) is 127 cm³/mol. The number of ether oxygens (including phenoxy) is 1. The first-order valence-corrected chi connectivity index (χ1v) is 11.2. The Kier molecular flexibility index (Phi) is 8.55. The molecule has 10 heteroatoms. The summed E-state index contributed by atoms with van der Waals surface area (Å²) in [6, 6.07) is 13.9. The Morgan fingerprint density at radius 1 is 1.12 bits per heavy atom. The molecule has 0 aliphatic carbocycles. The van der Waals surface area contributed by atoms with E-state index in [1.807, 2.05) is 18.2 Å². The summed E-state index contributed by atoms with van der Waals surface area (Å²) >= 11 is 12.2. The van der Waals surface area contributed by atoms with Crippen molar-refractivity contribution in [2.45, 2.75) is 24.9 Å². The van der Waals surface area contributed by atoms with Gasteiger partial charge in [0.25, 0.3) is 0 Å². The van der Waals surface area contributed by atoms with E-state index in [0.717, 1.165) is 12.0 Å². The zero-order chi connectivity index (χ0) is 23.8. The van der Waals surface area contributed by atoms with Crippen molar-refractivity contribution in [2.24, 2.45) is 5.73 Å². The predicted octanol–water partition coefficient (Wildman–Crippen LogP) is 3.52. The lowest BCUT2D eigenvalue weighted by atomic mass is 9.86. The SMILES string of the molecule is NCC(=O)N1CCC(COC(=O)Nc2ccc(Cl)cc2)(N(C=O)Cc2ccccc2Cl)CC1. The van der Waals surface area contributed by atoms with Crippen molar-refractivity contribution in [1.82, 2.24) is 9.80 Å². The van der Waals surface area contributed by atoms with Gasteiger partial charge in [0.2, 0.25) is 12.3 Å². The highest BCUT2D eigenvalue weighted by Crippen LogP contribution is 2.31. The Balaban J connectivity index is 1.75. The van der Waals surface area contributed by atoms with E-state index in [1.54, 1.807) is 40.1 Å². The van der Waals surface area contributed by atoms with Crippen molar-refractivity contribution in [3.63, 3.8) is 0 Å². The van der Waals surface area contributed by atoms with Gasteiger partial charge in [0, 0.05) is 35.4 Å². The van der Waals surface area contributed by atoms with Crippen molar-refractivity contribution < 1.29 is 19.1 Å². The molecule has 2 aromatic carbocycles. The van der Waals surface area contributed by atoms with Crippen LogP contribution in [0.2, 0.25) is 10.0 Å². The van der Waals surface area contributed by atoms with Crippen molar-refractivity contribution in [3.8, 4) is 0 Å². The highest BCUT2D eigenvalue weighted by Gasteiger charge is 2.42. The molecule has 2 aromatic rings. The summed E-state index contributed by atoms with van der Waals surface area (Å²) in [5.74, 6) is -0.159. The Morgan fingerprint density at radius 2 is 1.79 bits per heavy atom. The van der Waals surface area contributed by atoms with Gasteiger partial charge in [0.05, 0.1) is 12.1 Å². The van der Waals surface area contributed by atoms with E-state index in [2.05, 4.69) is 5.32 Å². The first-order chi connectivity index (χ1) is 15.9. The quantitative estimate of drug-likeness (QED) is 0.548. The molecule has 0 bridgehead atoms. The molecular formula is C23H26Cl2N4O4. The number of hydrogen-bond donors (Lipinski definition) is 2. The Morgan fingerprint density at radius 3 is 2.39 bits per heavy atom. The van der Waals surface area contributed by atoms with Crippen molar-refractivity contribution in [1.29, 1.82) is 0 Å². The first kappa shape index (κ1) is 24.8. The third kappa shape index (κ3) is 6.37. The molecule has 0 unspecified atom stereocenters. The molecule has 1 saturated heterocycles. The van der Waals surface area contributed by atoms with Gasteiger partial charge in [-0.25, -0.2) is 4.79 Å². The number of halogens is 2. The summed E-state index contributed by atoms with van der Waals surface area (Å²) in [5.41, 5.74) is 6.00. The summed E-state index contributed by atoms with van der Waals surface area (Å²) in [5, 5.41) is 3.74. The number of hydrogen-bond acceptors (Lipinski definition) is 5. The summed E-state index contributed by atoms with van der Waals surface area (Å²) in [6.45, 7) is 0.913. The third-order valence-corrected chi connectivity index (χ3v) is 6.44. The number of carbonyl (C=O) groups excluding carboxylic acids is 3. The molecule has 0 radical (unpaired) electrons. The zero-order valence-electron chi connectivity index (χ0n) is 18.0. The average molecular weight is 493 g/mol. The monoisotopic (exact) mass is 492 g/mol. The molecule has 3 N–H and O–H groups in total. The molecule has 1 fully saturated rings. The maximum atomic E-state index is 12.4. The highest BCUT2D eigenvalue weighted by atomic mass is 35.5. The number of likely N-dealkylation sites (tertiary alicyclic amines) is 1. The van der Waals surface area contributed by atoms with Crippen LogP contribution in [0.15, 0.2) is 48.5 Å². The van der Waals surface area contributed by atoms with E-state index in [0.29, 0.717) is 41.7 Å². The first-order valence-electron chi connectivity index (χ1n) is 10.5. The van der Waals surface area contributed by atoms with E-state index >= 15 is 0 Å². The van der Waals surface area contributed by atoms with Crippen LogP contribution in [0.4, 0.5) is 10.5 Å². The number of nitrogens with zero attached hydrogens (tertiary/aromatic N) is 2. The van der Waals surface area contributed by atoms with Crippen LogP contribution in [0, 0.1) is 0 Å². The van der Waals surface area contributed by atoms with Crippen LogP contribution < -0.4 is 11.1 Å². The minimum atomic E-state index is -0.802. The fraction of sp³-hybridized carbons (Fsp3) is 0.348. The molecule has 8 nitrogen and oxygen atoms in total. The average Bonchev–Trinajstić information content (AvgIpc) is 2.83. The van der Waals surface area contributed by atoms with Gasteiger partial charge in [-0.2, -0.15) is 0 Å². The van der Waals surface area contributed by atoms with E-state index in [9.17, 15) is 14.4 Å². The molecule has 33 heavy (non-hydrogen) atoms. The van der Waals surface area contributed by atoms with E-state index in [1.165, 1.54) is 0 Å². The number of nitrogens with one attached hydrogen (secondary N) is 1. The van der Waals surface area contributed by atoms with Crippen LogP contribution in [-0.2, 0) is 20.9 Å². The molecule has 0 spiro atoms. The van der Waals surface area contributed by atoms with Crippen LogP contribution >= 0.6 is 23.2 Å². The topological polar surface area (TPSA) is 105 Å². The molecule has 1 aliphatic heterocycles. The number of carbonyl (C=O) groups is 3. The second kappa shape index (κ2) is 11.4. The Hall–Kier alpha value is -2.81. The van der Waals surface area contributed by atoms with Gasteiger partial charge in [0.1, 0.15) is 6.61 Å². The van der Waals surface area contributed by atoms with E-state index in [-0.39, 0.29) is 25.6 Å². The summed E-state index contributed by atoms with van der Waals surface area (Å²) in [6.07, 6.45) is 0.942. The second-order valence-electron chi connectivity index (χ2n) is 7.84. The standard InChI is InChI=1S/C23H26Cl2N4O4/c24-18-5-7-19(8-6-18)27-22(32)33-15-23(9-11-28(12-10-23)21(31)13-26)29(16-30)14-17-3-1-2-4-20(17)25/h1-8,16H,9-15,26H2,(H,27,32). The molecule has 1 heterocycles. The zero-order valence-corrected chi connectivity index (χ0v) is 19.5. The van der Waals surface area contributed by atoms with Crippen LogP contribution in [-0.4, -0.2) is 60.0 Å². The molecule has 176 valence electrons. The van der Waals surface area contributed by atoms with Gasteiger partial charge >= 0.3 is 6.09 Å². The molecule has 0 saturated carbocycles. The molecule has 0 aromatic heterocycles. The van der Waals surface area contributed by atoms with Crippen molar-refractivity contribution >= 4 is 47.3 Å². The lowest BCUT2D eigenvalue weighted by Crippen LogP contribution is -2.59. The van der Waals surface area contributed by atoms with Gasteiger partial charge in [-0.05, 0) is 48.7 Å². The fourth-order valence-corrected chi connectivity index (χ4v) is 4.15. The van der Waals surface area contributed by atoms with Gasteiger partial charge in [-0.1, -0.05) is 41.4 Å². The Labute approximate surface area is 202 Å². The van der Waals surface area contributed by atoms with Crippen LogP contribution in [0.3, 0.4) is 0 Å². The van der Waals surface area contributed by atoms with Crippen LogP contribution in [0.5, 0.6) is 0 Å². The van der Waals surface area contributed by atoms with Gasteiger partial charge in [-0.15, -0.1) is 0 Å². The molecular weight excluding hydrogens is 467 g/mol. The number of benzene rings is 2. The lowest BCUT2D eigenvalue weighted by molar-refractivity contribution is -0.137. The third-order valence-electron chi connectivity index (χ3n) is 5.82. The summed E-state index contributed by atoms with van der Waals surface area (Å²) in [4.78, 5) is 39.9. The minimum Gasteiger partial charge on any atom is -0.447 e. The number of amides is 3. The molecule has 1 aliphatic rings. The van der Waals surface area contributed by atoms with Crippen LogP contribution in [0.25, 0.3) is 0 Å². The molecule has 3 amide bonds. The number of piperidine rings is 1. The van der Waals surface area contributed by atoms with Gasteiger partial charge in [-0.3, -0.25) is 14.9 Å². The van der Waals surface area contributed by atoms with Gasteiger partial charge < -0.3 is 20.3 Å². The largest absolute Gasteiger partial charge is 0.447 e. The van der Waals surface area contributed by atoms with Crippen molar-refractivity contribution in [2.75, 3.05) is 31.6 Å². The fourth-order valence-electron chi connectivity index (χ4n) is 3.83. The maximum absolute atomic E-state index is 12.4. The van der Waals surface area contributed by atoms with Crippen molar-refractivity contribution in [3.05, 3.63) is 64.1 Å². The number of nitrogens with two attached hydrogens (primary N) is 1. The van der Waals surface area contributed by atoms with E-state index in [4.69, 9.17) is 33.7 Å². The van der Waals surface area contributed by atoms with Crippen LogP contribution in [0.1, 0.15) is 18.4 Å². The van der Waals surface area contributed by atoms with Gasteiger partial charge in [0.15, 0.2) is 0 Å². The lowest BCUT2D eigenvalue weighted by Gasteiger charge is -2.46. The second-order valence-corrected chi connectivity index (χ2v) is 8.69. The maximum Gasteiger partial charge on any atom is 0.411 e.